The quantitative estimate of drug-likeness (QED) is 0.796. The van der Waals surface area contributed by atoms with E-state index in [9.17, 15) is 0 Å². The fourth-order valence-corrected chi connectivity index (χ4v) is 2.22. The van der Waals surface area contributed by atoms with Crippen LogP contribution in [0.2, 0.25) is 0 Å². The van der Waals surface area contributed by atoms with E-state index in [1.54, 1.807) is 0 Å². The third-order valence-electron chi connectivity index (χ3n) is 3.13. The molecule has 0 spiro atoms. The summed E-state index contributed by atoms with van der Waals surface area (Å²) in [7, 11) is 2.16. The van der Waals surface area contributed by atoms with Gasteiger partial charge in [-0.2, -0.15) is 0 Å². The molecule has 2 heterocycles. The second kappa shape index (κ2) is 4.80. The van der Waals surface area contributed by atoms with Crippen molar-refractivity contribution in [3.8, 4) is 0 Å². The molecule has 2 rings (SSSR count). The number of aromatic nitrogens is 1. The van der Waals surface area contributed by atoms with Gasteiger partial charge in [0.2, 0.25) is 0 Å². The fourth-order valence-electron chi connectivity index (χ4n) is 2.22. The third kappa shape index (κ3) is 2.33. The predicted octanol–water partition coefficient (Wildman–Crippen LogP) is 0.681. The first-order chi connectivity index (χ1) is 7.70. The molecule has 4 heteroatoms. The minimum Gasteiger partial charge on any atom is -0.351 e. The van der Waals surface area contributed by atoms with Crippen molar-refractivity contribution in [3.05, 3.63) is 23.9 Å². The number of rotatable bonds is 2. The van der Waals surface area contributed by atoms with Crippen LogP contribution in [0.15, 0.2) is 18.2 Å². The maximum absolute atomic E-state index is 5.62. The number of hydrogen-bond donors (Lipinski definition) is 1. The molecule has 4 nitrogen and oxygen atoms in total. The number of pyridine rings is 1. The van der Waals surface area contributed by atoms with Crippen molar-refractivity contribution in [2.45, 2.75) is 19.5 Å². The Morgan fingerprint density at radius 2 is 2.25 bits per heavy atom. The number of nitrogens with zero attached hydrogens (tertiary/aromatic N) is 3. The zero-order valence-electron chi connectivity index (χ0n) is 10.1. The number of piperazine rings is 1. The van der Waals surface area contributed by atoms with Gasteiger partial charge in [0.15, 0.2) is 0 Å². The summed E-state index contributed by atoms with van der Waals surface area (Å²) in [5.41, 5.74) is 6.58. The summed E-state index contributed by atoms with van der Waals surface area (Å²) in [6.45, 7) is 5.98. The second-order valence-electron chi connectivity index (χ2n) is 4.50. The van der Waals surface area contributed by atoms with Crippen molar-refractivity contribution in [1.82, 2.24) is 9.88 Å². The zero-order valence-corrected chi connectivity index (χ0v) is 10.1. The van der Waals surface area contributed by atoms with Gasteiger partial charge in [0.25, 0.3) is 0 Å². The molecule has 2 N–H and O–H groups in total. The first-order valence-electron chi connectivity index (χ1n) is 5.82. The van der Waals surface area contributed by atoms with Gasteiger partial charge in [-0.3, -0.25) is 0 Å². The van der Waals surface area contributed by atoms with E-state index < -0.39 is 0 Å². The van der Waals surface area contributed by atoms with E-state index in [1.807, 2.05) is 12.1 Å². The van der Waals surface area contributed by atoms with E-state index in [-0.39, 0.29) is 0 Å². The van der Waals surface area contributed by atoms with Gasteiger partial charge in [-0.15, -0.1) is 0 Å². The highest BCUT2D eigenvalue weighted by molar-refractivity contribution is 5.41. The highest BCUT2D eigenvalue weighted by atomic mass is 15.3. The topological polar surface area (TPSA) is 45.4 Å². The SMILES string of the molecule is C[C@H]1CN(C)CCN1c1cccc(CN)n1. The van der Waals surface area contributed by atoms with Crippen LogP contribution in [0.1, 0.15) is 12.6 Å². The van der Waals surface area contributed by atoms with Crippen molar-refractivity contribution in [2.75, 3.05) is 31.6 Å². The molecule has 1 atom stereocenters. The van der Waals surface area contributed by atoms with Gasteiger partial charge in [-0.1, -0.05) is 6.07 Å². The van der Waals surface area contributed by atoms with Gasteiger partial charge in [-0.05, 0) is 26.1 Å². The van der Waals surface area contributed by atoms with Crippen LogP contribution in [-0.4, -0.2) is 42.6 Å². The van der Waals surface area contributed by atoms with Gasteiger partial charge >= 0.3 is 0 Å². The number of nitrogens with two attached hydrogens (primary N) is 1. The van der Waals surface area contributed by atoms with E-state index in [4.69, 9.17) is 5.73 Å². The van der Waals surface area contributed by atoms with E-state index >= 15 is 0 Å². The molecule has 1 aliphatic rings. The van der Waals surface area contributed by atoms with E-state index in [0.717, 1.165) is 31.1 Å². The van der Waals surface area contributed by atoms with Crippen LogP contribution in [0, 0.1) is 0 Å². The summed E-state index contributed by atoms with van der Waals surface area (Å²) >= 11 is 0. The minimum atomic E-state index is 0.510. The highest BCUT2D eigenvalue weighted by Crippen LogP contribution is 2.17. The highest BCUT2D eigenvalue weighted by Gasteiger charge is 2.22. The van der Waals surface area contributed by atoms with Gasteiger partial charge in [-0.25, -0.2) is 4.98 Å². The second-order valence-corrected chi connectivity index (χ2v) is 4.50. The van der Waals surface area contributed by atoms with Crippen LogP contribution in [-0.2, 0) is 6.54 Å². The number of anilines is 1. The maximum atomic E-state index is 5.62. The van der Waals surface area contributed by atoms with Crippen LogP contribution in [0.5, 0.6) is 0 Å². The van der Waals surface area contributed by atoms with Crippen molar-refractivity contribution in [2.24, 2.45) is 5.73 Å². The normalized spacial score (nSPS) is 22.4. The zero-order chi connectivity index (χ0) is 11.5. The molecule has 88 valence electrons. The fraction of sp³-hybridized carbons (Fsp3) is 0.583. The average molecular weight is 220 g/mol. The Balaban J connectivity index is 2.16. The lowest BCUT2D eigenvalue weighted by atomic mass is 10.2. The molecule has 1 aromatic rings. The first kappa shape index (κ1) is 11.4. The summed E-state index contributed by atoms with van der Waals surface area (Å²) < 4.78 is 0. The molecule has 1 saturated heterocycles. The molecule has 1 fully saturated rings. The van der Waals surface area contributed by atoms with Gasteiger partial charge < -0.3 is 15.5 Å². The van der Waals surface area contributed by atoms with Crippen LogP contribution < -0.4 is 10.6 Å². The lowest BCUT2D eigenvalue weighted by molar-refractivity contribution is 0.274. The third-order valence-corrected chi connectivity index (χ3v) is 3.13. The Bertz CT molecular complexity index is 353. The average Bonchev–Trinajstić information content (AvgIpc) is 2.29. The largest absolute Gasteiger partial charge is 0.351 e. The Morgan fingerprint density at radius 3 is 2.94 bits per heavy atom. The predicted molar refractivity (Wildman–Crippen MR) is 66.4 cm³/mol. The van der Waals surface area contributed by atoms with Crippen molar-refractivity contribution in [1.29, 1.82) is 0 Å². The molecule has 0 unspecified atom stereocenters. The molecular formula is C12H20N4. The molecule has 0 aromatic carbocycles. The number of hydrogen-bond acceptors (Lipinski definition) is 4. The summed E-state index contributed by atoms with van der Waals surface area (Å²) in [6.07, 6.45) is 0. The lowest BCUT2D eigenvalue weighted by Gasteiger charge is -2.39. The molecule has 0 bridgehead atoms. The Labute approximate surface area is 97.1 Å². The Morgan fingerprint density at radius 1 is 1.44 bits per heavy atom. The van der Waals surface area contributed by atoms with Gasteiger partial charge in [0.05, 0.1) is 5.69 Å². The van der Waals surface area contributed by atoms with E-state index in [2.05, 4.69) is 34.8 Å². The summed E-state index contributed by atoms with van der Waals surface area (Å²) in [6, 6.07) is 6.60. The summed E-state index contributed by atoms with van der Waals surface area (Å²) in [4.78, 5) is 9.29. The standard InChI is InChI=1S/C12H20N4/c1-10-9-15(2)6-7-16(10)12-5-3-4-11(8-13)14-12/h3-5,10H,6-9,13H2,1-2H3/t10-/m0/s1. The van der Waals surface area contributed by atoms with Crippen LogP contribution in [0.4, 0.5) is 5.82 Å². The van der Waals surface area contributed by atoms with Gasteiger partial charge in [0, 0.05) is 32.2 Å². The van der Waals surface area contributed by atoms with Crippen LogP contribution in [0.3, 0.4) is 0 Å². The summed E-state index contributed by atoms with van der Waals surface area (Å²) in [5, 5.41) is 0. The smallest absolute Gasteiger partial charge is 0.129 e. The van der Waals surface area contributed by atoms with E-state index in [1.165, 1.54) is 0 Å². The Kier molecular flexibility index (Phi) is 3.41. The first-order valence-corrected chi connectivity index (χ1v) is 5.82. The monoisotopic (exact) mass is 220 g/mol. The van der Waals surface area contributed by atoms with Crippen LogP contribution >= 0.6 is 0 Å². The number of likely N-dealkylation sites (N-methyl/N-ethyl adjacent to an activating group) is 1. The molecule has 0 radical (unpaired) electrons. The molecule has 0 saturated carbocycles. The molecule has 0 aliphatic carbocycles. The minimum absolute atomic E-state index is 0.510. The van der Waals surface area contributed by atoms with Crippen molar-refractivity contribution in [3.63, 3.8) is 0 Å². The van der Waals surface area contributed by atoms with Crippen molar-refractivity contribution >= 4 is 5.82 Å². The van der Waals surface area contributed by atoms with Crippen molar-refractivity contribution < 1.29 is 0 Å². The summed E-state index contributed by atoms with van der Waals surface area (Å²) in [5.74, 6) is 1.06. The Hall–Kier alpha value is -1.13. The lowest BCUT2D eigenvalue weighted by Crippen LogP contribution is -2.50. The van der Waals surface area contributed by atoms with Crippen LogP contribution in [0.25, 0.3) is 0 Å². The molecule has 16 heavy (non-hydrogen) atoms. The van der Waals surface area contributed by atoms with E-state index in [0.29, 0.717) is 12.6 Å². The molecule has 0 amide bonds. The molecular weight excluding hydrogens is 200 g/mol. The molecule has 1 aliphatic heterocycles. The maximum Gasteiger partial charge on any atom is 0.129 e. The van der Waals surface area contributed by atoms with Gasteiger partial charge in [0.1, 0.15) is 5.82 Å². The molecule has 1 aromatic heterocycles.